The lowest BCUT2D eigenvalue weighted by molar-refractivity contribution is 0.101. The fourth-order valence-corrected chi connectivity index (χ4v) is 7.57. The van der Waals surface area contributed by atoms with E-state index in [1.165, 1.54) is 5.56 Å². The van der Waals surface area contributed by atoms with Crippen molar-refractivity contribution in [1.82, 2.24) is 0 Å². The Kier molecular flexibility index (Phi) is 13.0. The van der Waals surface area contributed by atoms with Crippen molar-refractivity contribution in [3.63, 3.8) is 0 Å². The summed E-state index contributed by atoms with van der Waals surface area (Å²) in [5.41, 5.74) is 6.90. The number of amides is 1. The molecule has 0 aliphatic carbocycles. The zero-order valence-electron chi connectivity index (χ0n) is 37.9. The third-order valence-corrected chi connectivity index (χ3v) is 11.9. The first kappa shape index (κ1) is 44.5. The van der Waals surface area contributed by atoms with E-state index in [0.717, 1.165) is 39.6 Å². The number of carbonyl (C=O) groups is 2. The predicted octanol–water partition coefficient (Wildman–Crippen LogP) is 15.0. The van der Waals surface area contributed by atoms with Crippen molar-refractivity contribution in [2.45, 2.75) is 45.4 Å². The van der Waals surface area contributed by atoms with Gasteiger partial charge < -0.3 is 29.6 Å². The maximum absolute atomic E-state index is 13.2. The summed E-state index contributed by atoms with van der Waals surface area (Å²) in [6.07, 6.45) is 0. The van der Waals surface area contributed by atoms with Crippen molar-refractivity contribution in [3.8, 4) is 46.0 Å². The Morgan fingerprint density at radius 2 is 0.591 bits per heavy atom. The second-order valence-electron chi connectivity index (χ2n) is 17.1. The van der Waals surface area contributed by atoms with E-state index in [4.69, 9.17) is 18.9 Å². The second kappa shape index (κ2) is 19.3. The second-order valence-corrected chi connectivity index (χ2v) is 17.1. The molecule has 0 saturated heterocycles. The third kappa shape index (κ3) is 10.6. The van der Waals surface area contributed by atoms with Gasteiger partial charge in [0.25, 0.3) is 5.91 Å². The minimum Gasteiger partial charge on any atom is -0.457 e. The highest BCUT2D eigenvalue weighted by Gasteiger charge is 2.25. The lowest BCUT2D eigenvalue weighted by Crippen LogP contribution is -2.18. The average molecular weight is 873 g/mol. The molecule has 1 amide bonds. The molecule has 0 atom stereocenters. The number of Topliss-reactive ketones (excluding diaryl/α,β-unsaturated/α-hetero) is 1. The molecule has 0 unspecified atom stereocenters. The van der Waals surface area contributed by atoms with E-state index >= 15 is 0 Å². The Labute approximate surface area is 386 Å². The summed E-state index contributed by atoms with van der Waals surface area (Å²) >= 11 is 0. The summed E-state index contributed by atoms with van der Waals surface area (Å²) < 4.78 is 24.3. The zero-order valence-corrected chi connectivity index (χ0v) is 37.9. The lowest BCUT2D eigenvalue weighted by atomic mass is 9.78. The predicted molar refractivity (Wildman–Crippen MR) is 264 cm³/mol. The largest absolute Gasteiger partial charge is 0.457 e. The van der Waals surface area contributed by atoms with Gasteiger partial charge in [-0.2, -0.15) is 0 Å². The van der Waals surface area contributed by atoms with Crippen molar-refractivity contribution >= 4 is 23.1 Å². The lowest BCUT2D eigenvalue weighted by Gasteiger charge is -2.26. The topological polar surface area (TPSA) is 95.1 Å². The van der Waals surface area contributed by atoms with Crippen LogP contribution in [0.15, 0.2) is 194 Å². The number of benzene rings is 8. The van der Waals surface area contributed by atoms with Crippen LogP contribution >= 0.6 is 0 Å². The van der Waals surface area contributed by atoms with E-state index in [1.54, 1.807) is 55.5 Å². The highest BCUT2D eigenvalue weighted by molar-refractivity contribution is 6.04. The van der Waals surface area contributed by atoms with E-state index in [2.05, 4.69) is 86.9 Å². The van der Waals surface area contributed by atoms with Crippen LogP contribution in [-0.4, -0.2) is 18.7 Å². The molecule has 0 saturated carbocycles. The van der Waals surface area contributed by atoms with Crippen LogP contribution in [0.1, 0.15) is 77.6 Å². The molecule has 0 aliphatic heterocycles. The number of nitrogens with one attached hydrogen (secondary N) is 2. The molecule has 66 heavy (non-hydrogen) atoms. The highest BCUT2D eigenvalue weighted by Crippen LogP contribution is 2.37. The van der Waals surface area contributed by atoms with Crippen molar-refractivity contribution in [3.05, 3.63) is 228 Å². The highest BCUT2D eigenvalue weighted by atomic mass is 16.5. The van der Waals surface area contributed by atoms with Crippen molar-refractivity contribution in [2.24, 2.45) is 0 Å². The average Bonchev–Trinajstić information content (AvgIpc) is 3.33. The number of carbonyl (C=O) groups excluding carboxylic acids is 2. The normalized spacial score (nSPS) is 11.3. The van der Waals surface area contributed by atoms with Crippen LogP contribution in [0, 0.1) is 0 Å². The van der Waals surface area contributed by atoms with Gasteiger partial charge in [0.05, 0.1) is 0 Å². The maximum Gasteiger partial charge on any atom is 0.255 e. The molecule has 0 spiro atoms. The van der Waals surface area contributed by atoms with Crippen LogP contribution in [0.25, 0.3) is 0 Å². The van der Waals surface area contributed by atoms with Gasteiger partial charge in [-0.3, -0.25) is 9.59 Å². The minimum atomic E-state index is -0.277. The van der Waals surface area contributed by atoms with Gasteiger partial charge >= 0.3 is 0 Å². The molecule has 0 aliphatic rings. The standard InChI is InChI=1S/C58H52N2O6/c1-39(61)40-7-23-48(24-8-40)63-50-27-11-42(12-28-50)57(2,3)43-13-29-51(30-14-43)64-49-25-9-41(10-26-49)56(62)60-47-21-37-55(38-22-47)66-53-33-17-45(18-34-53)58(4,5)44-15-31-52(32-16-44)65-54-35-19-46(59-6)20-36-54/h7-38,59H,1-6H3,(H,60,62). The molecule has 0 aromatic heterocycles. The summed E-state index contributed by atoms with van der Waals surface area (Å²) in [6, 6.07) is 61.8. The van der Waals surface area contributed by atoms with Gasteiger partial charge in [-0.25, -0.2) is 0 Å². The molecule has 0 bridgehead atoms. The fourth-order valence-electron chi connectivity index (χ4n) is 7.57. The monoisotopic (exact) mass is 872 g/mol. The van der Waals surface area contributed by atoms with Crippen LogP contribution in [0.2, 0.25) is 0 Å². The van der Waals surface area contributed by atoms with Crippen molar-refractivity contribution in [1.29, 1.82) is 0 Å². The van der Waals surface area contributed by atoms with Gasteiger partial charge in [-0.15, -0.1) is 0 Å². The van der Waals surface area contributed by atoms with Gasteiger partial charge in [0.2, 0.25) is 0 Å². The van der Waals surface area contributed by atoms with Crippen LogP contribution in [0.4, 0.5) is 11.4 Å². The molecule has 0 radical (unpaired) electrons. The third-order valence-electron chi connectivity index (χ3n) is 11.9. The van der Waals surface area contributed by atoms with Crippen LogP contribution in [-0.2, 0) is 10.8 Å². The van der Waals surface area contributed by atoms with Gasteiger partial charge in [0, 0.05) is 40.4 Å². The van der Waals surface area contributed by atoms with Crippen molar-refractivity contribution < 1.29 is 28.5 Å². The number of ether oxygens (including phenoxy) is 4. The summed E-state index contributed by atoms with van der Waals surface area (Å²) in [7, 11) is 1.89. The zero-order chi connectivity index (χ0) is 46.3. The summed E-state index contributed by atoms with van der Waals surface area (Å²) in [5, 5.41) is 6.09. The Morgan fingerprint density at radius 3 is 0.864 bits per heavy atom. The summed E-state index contributed by atoms with van der Waals surface area (Å²) in [5.74, 6) is 5.43. The quantitative estimate of drug-likeness (QED) is 0.0934. The smallest absolute Gasteiger partial charge is 0.255 e. The summed E-state index contributed by atoms with van der Waals surface area (Å²) in [6.45, 7) is 10.3. The van der Waals surface area contributed by atoms with Crippen LogP contribution in [0.3, 0.4) is 0 Å². The van der Waals surface area contributed by atoms with Gasteiger partial charge in [0.15, 0.2) is 5.78 Å². The van der Waals surface area contributed by atoms with Gasteiger partial charge in [0.1, 0.15) is 46.0 Å². The van der Waals surface area contributed by atoms with E-state index in [9.17, 15) is 9.59 Å². The first-order chi connectivity index (χ1) is 31.8. The molecule has 2 N–H and O–H groups in total. The number of rotatable bonds is 16. The van der Waals surface area contributed by atoms with Gasteiger partial charge in [-0.05, 0) is 175 Å². The minimum absolute atomic E-state index is 0.0219. The van der Waals surface area contributed by atoms with Crippen LogP contribution < -0.4 is 29.6 Å². The number of ketones is 1. The van der Waals surface area contributed by atoms with Crippen LogP contribution in [0.5, 0.6) is 46.0 Å². The summed E-state index contributed by atoms with van der Waals surface area (Å²) in [4.78, 5) is 24.7. The molecule has 8 nitrogen and oxygen atoms in total. The Balaban J connectivity index is 0.805. The number of hydrogen-bond acceptors (Lipinski definition) is 7. The Bertz CT molecular complexity index is 2890. The molecule has 330 valence electrons. The van der Waals surface area contributed by atoms with Crippen molar-refractivity contribution in [2.75, 3.05) is 17.7 Å². The number of hydrogen-bond donors (Lipinski definition) is 2. The molecule has 8 aromatic carbocycles. The maximum atomic E-state index is 13.2. The van der Waals surface area contributed by atoms with E-state index in [1.807, 2.05) is 104 Å². The first-order valence-corrected chi connectivity index (χ1v) is 21.9. The Morgan fingerprint density at radius 1 is 0.348 bits per heavy atom. The molecule has 8 rings (SSSR count). The fraction of sp³-hybridized carbons (Fsp3) is 0.138. The molecule has 8 aromatic rings. The van der Waals surface area contributed by atoms with E-state index in [-0.39, 0.29) is 22.5 Å². The molecular weight excluding hydrogens is 821 g/mol. The SMILES string of the molecule is CNc1ccc(Oc2ccc(C(C)(C)c3ccc(Oc4ccc(NC(=O)c5ccc(Oc6ccc(C(C)(C)c7ccc(Oc8ccc(C(C)=O)cc8)cc7)cc6)cc5)cc4)cc3)cc2)cc1. The van der Waals surface area contributed by atoms with E-state index in [0.29, 0.717) is 45.6 Å². The Hall–Kier alpha value is -8.10. The number of anilines is 2. The molecule has 0 heterocycles. The first-order valence-electron chi connectivity index (χ1n) is 21.9. The molecule has 8 heteroatoms. The molecule has 0 fully saturated rings. The molecular formula is C58H52N2O6. The van der Waals surface area contributed by atoms with E-state index < -0.39 is 0 Å². The van der Waals surface area contributed by atoms with Gasteiger partial charge in [-0.1, -0.05) is 76.2 Å².